The van der Waals surface area contributed by atoms with E-state index in [1.54, 1.807) is 0 Å². The van der Waals surface area contributed by atoms with Crippen molar-refractivity contribution in [3.63, 3.8) is 0 Å². The van der Waals surface area contributed by atoms with Gasteiger partial charge in [0.2, 0.25) is 0 Å². The molecule has 0 amide bonds. The van der Waals surface area contributed by atoms with E-state index in [0.717, 1.165) is 24.2 Å². The fraction of sp³-hybridized carbons (Fsp3) is 0.429. The van der Waals surface area contributed by atoms with E-state index < -0.39 is 0 Å². The van der Waals surface area contributed by atoms with Gasteiger partial charge in [-0.15, -0.1) is 0 Å². The number of piperidine rings is 1. The molecule has 5 nitrogen and oxygen atoms in total. The van der Waals surface area contributed by atoms with Crippen LogP contribution in [0.15, 0.2) is 35.1 Å². The van der Waals surface area contributed by atoms with Crippen LogP contribution >= 0.6 is 0 Å². The number of nitriles is 1. The van der Waals surface area contributed by atoms with Gasteiger partial charge in [-0.05, 0) is 51.4 Å². The number of nitrogens with one attached hydrogen (secondary N) is 1. The SMILES string of the molecule is Cc1cc(-c2ccccc2OCCCN2CCCCC2)c(C#N)c(=O)[nH]1. The lowest BCUT2D eigenvalue weighted by Crippen LogP contribution is -2.31. The number of aryl methyl sites for hydroxylation is 1. The predicted octanol–water partition coefficient (Wildman–Crippen LogP) is 3.48. The highest BCUT2D eigenvalue weighted by molar-refractivity contribution is 5.75. The fourth-order valence-electron chi connectivity index (χ4n) is 3.48. The van der Waals surface area contributed by atoms with Gasteiger partial charge in [-0.1, -0.05) is 24.6 Å². The van der Waals surface area contributed by atoms with Gasteiger partial charge in [0, 0.05) is 23.4 Å². The number of aromatic nitrogens is 1. The van der Waals surface area contributed by atoms with Crippen LogP contribution in [0.4, 0.5) is 0 Å². The Morgan fingerprint density at radius 2 is 1.96 bits per heavy atom. The van der Waals surface area contributed by atoms with Gasteiger partial charge in [0.15, 0.2) is 0 Å². The molecule has 0 radical (unpaired) electrons. The summed E-state index contributed by atoms with van der Waals surface area (Å²) in [5.41, 5.74) is 1.91. The average Bonchev–Trinajstić information content (AvgIpc) is 2.66. The zero-order chi connectivity index (χ0) is 18.4. The topological polar surface area (TPSA) is 69.1 Å². The van der Waals surface area contributed by atoms with Crippen LogP contribution in [0.5, 0.6) is 5.75 Å². The summed E-state index contributed by atoms with van der Waals surface area (Å²) >= 11 is 0. The van der Waals surface area contributed by atoms with Crippen molar-refractivity contribution < 1.29 is 4.74 Å². The molecule has 0 saturated carbocycles. The minimum absolute atomic E-state index is 0.125. The molecule has 0 unspecified atom stereocenters. The zero-order valence-corrected chi connectivity index (χ0v) is 15.3. The minimum Gasteiger partial charge on any atom is -0.493 e. The number of nitrogens with zero attached hydrogens (tertiary/aromatic N) is 2. The standard InChI is InChI=1S/C21H25N3O2/c1-16-14-18(19(15-22)21(25)23-16)17-8-3-4-9-20(17)26-13-7-12-24-10-5-2-6-11-24/h3-4,8-9,14H,2,5-7,10-13H2,1H3,(H,23,25). The fourth-order valence-corrected chi connectivity index (χ4v) is 3.48. The maximum absolute atomic E-state index is 12.1. The number of para-hydroxylation sites is 1. The summed E-state index contributed by atoms with van der Waals surface area (Å²) in [4.78, 5) is 17.3. The third-order valence-corrected chi connectivity index (χ3v) is 4.78. The molecule has 5 heteroatoms. The summed E-state index contributed by atoms with van der Waals surface area (Å²) in [6.07, 6.45) is 4.90. The highest BCUT2D eigenvalue weighted by Crippen LogP contribution is 2.31. The van der Waals surface area contributed by atoms with Crippen molar-refractivity contribution in [1.29, 1.82) is 5.26 Å². The van der Waals surface area contributed by atoms with E-state index in [9.17, 15) is 10.1 Å². The van der Waals surface area contributed by atoms with Crippen molar-refractivity contribution in [3.05, 3.63) is 51.9 Å². The van der Waals surface area contributed by atoms with E-state index in [4.69, 9.17) is 4.74 Å². The van der Waals surface area contributed by atoms with Crippen molar-refractivity contribution in [3.8, 4) is 22.9 Å². The molecule has 1 aromatic carbocycles. The lowest BCUT2D eigenvalue weighted by atomic mass is 10.00. The first-order valence-electron chi connectivity index (χ1n) is 9.27. The highest BCUT2D eigenvalue weighted by Gasteiger charge is 2.14. The first kappa shape index (κ1) is 18.2. The van der Waals surface area contributed by atoms with Crippen LogP contribution in [0, 0.1) is 18.3 Å². The summed E-state index contributed by atoms with van der Waals surface area (Å²) in [5.74, 6) is 0.715. The molecule has 26 heavy (non-hydrogen) atoms. The highest BCUT2D eigenvalue weighted by atomic mass is 16.5. The maximum Gasteiger partial charge on any atom is 0.266 e. The molecule has 1 N–H and O–H groups in total. The molecule has 1 aliphatic heterocycles. The number of likely N-dealkylation sites (tertiary alicyclic amines) is 1. The Morgan fingerprint density at radius 1 is 1.19 bits per heavy atom. The van der Waals surface area contributed by atoms with Crippen LogP contribution in [0.3, 0.4) is 0 Å². The number of pyridine rings is 1. The Kier molecular flexibility index (Phi) is 6.08. The Morgan fingerprint density at radius 3 is 2.73 bits per heavy atom. The molecular formula is C21H25N3O2. The van der Waals surface area contributed by atoms with Gasteiger partial charge in [0.1, 0.15) is 17.4 Å². The number of rotatable bonds is 6. The van der Waals surface area contributed by atoms with Gasteiger partial charge in [0.05, 0.1) is 6.61 Å². The van der Waals surface area contributed by atoms with Gasteiger partial charge in [-0.25, -0.2) is 0 Å². The van der Waals surface area contributed by atoms with Crippen molar-refractivity contribution in [2.75, 3.05) is 26.2 Å². The molecular weight excluding hydrogens is 326 g/mol. The maximum atomic E-state index is 12.1. The summed E-state index contributed by atoms with van der Waals surface area (Å²) in [7, 11) is 0. The lowest BCUT2D eigenvalue weighted by Gasteiger charge is -2.26. The molecule has 3 rings (SSSR count). The average molecular weight is 351 g/mol. The molecule has 136 valence electrons. The van der Waals surface area contributed by atoms with E-state index in [1.807, 2.05) is 43.3 Å². The quantitative estimate of drug-likeness (QED) is 0.809. The Hall–Kier alpha value is -2.58. The van der Waals surface area contributed by atoms with Crippen molar-refractivity contribution >= 4 is 0 Å². The zero-order valence-electron chi connectivity index (χ0n) is 15.3. The van der Waals surface area contributed by atoms with Crippen LogP contribution in [0.25, 0.3) is 11.1 Å². The second-order valence-corrected chi connectivity index (χ2v) is 6.78. The molecule has 2 heterocycles. The number of benzene rings is 1. The van der Waals surface area contributed by atoms with E-state index in [2.05, 4.69) is 9.88 Å². The number of hydrogen-bond acceptors (Lipinski definition) is 4. The van der Waals surface area contributed by atoms with Gasteiger partial charge in [-0.2, -0.15) is 5.26 Å². The van der Waals surface area contributed by atoms with Crippen LogP contribution in [-0.4, -0.2) is 36.1 Å². The van der Waals surface area contributed by atoms with Gasteiger partial charge < -0.3 is 14.6 Å². The Balaban J connectivity index is 1.73. The van der Waals surface area contributed by atoms with Gasteiger partial charge in [-0.3, -0.25) is 4.79 Å². The van der Waals surface area contributed by atoms with Crippen molar-refractivity contribution in [1.82, 2.24) is 9.88 Å². The Labute approximate surface area is 154 Å². The molecule has 1 aliphatic rings. The normalized spacial score (nSPS) is 14.8. The summed E-state index contributed by atoms with van der Waals surface area (Å²) in [6.45, 7) is 5.86. The molecule has 0 spiro atoms. The second kappa shape index (κ2) is 8.68. The molecule has 1 fully saturated rings. The molecule has 2 aromatic rings. The summed E-state index contributed by atoms with van der Waals surface area (Å²) in [6, 6.07) is 11.5. The summed E-state index contributed by atoms with van der Waals surface area (Å²) in [5, 5.41) is 9.38. The van der Waals surface area contributed by atoms with Crippen LogP contribution in [-0.2, 0) is 0 Å². The van der Waals surface area contributed by atoms with E-state index in [0.29, 0.717) is 17.9 Å². The number of H-pyrrole nitrogens is 1. The van der Waals surface area contributed by atoms with E-state index in [1.165, 1.54) is 32.4 Å². The first-order valence-corrected chi connectivity index (χ1v) is 9.27. The molecule has 0 atom stereocenters. The molecule has 1 aromatic heterocycles. The minimum atomic E-state index is -0.359. The number of hydrogen-bond donors (Lipinski definition) is 1. The largest absolute Gasteiger partial charge is 0.493 e. The third-order valence-electron chi connectivity index (χ3n) is 4.78. The summed E-state index contributed by atoms with van der Waals surface area (Å²) < 4.78 is 6.01. The number of ether oxygens (including phenoxy) is 1. The molecule has 0 bridgehead atoms. The number of aromatic amines is 1. The second-order valence-electron chi connectivity index (χ2n) is 6.78. The van der Waals surface area contributed by atoms with Crippen LogP contribution in [0.2, 0.25) is 0 Å². The Bertz CT molecular complexity index is 845. The van der Waals surface area contributed by atoms with Crippen LogP contribution < -0.4 is 10.3 Å². The monoisotopic (exact) mass is 351 g/mol. The van der Waals surface area contributed by atoms with E-state index in [-0.39, 0.29) is 11.1 Å². The van der Waals surface area contributed by atoms with Gasteiger partial charge in [0.25, 0.3) is 5.56 Å². The smallest absolute Gasteiger partial charge is 0.266 e. The van der Waals surface area contributed by atoms with Crippen molar-refractivity contribution in [2.45, 2.75) is 32.6 Å². The molecule has 1 saturated heterocycles. The first-order chi connectivity index (χ1) is 12.7. The van der Waals surface area contributed by atoms with E-state index >= 15 is 0 Å². The lowest BCUT2D eigenvalue weighted by molar-refractivity contribution is 0.205. The van der Waals surface area contributed by atoms with Crippen LogP contribution in [0.1, 0.15) is 36.9 Å². The van der Waals surface area contributed by atoms with Crippen molar-refractivity contribution in [2.24, 2.45) is 0 Å². The third kappa shape index (κ3) is 4.33. The predicted molar refractivity (Wildman–Crippen MR) is 102 cm³/mol. The van der Waals surface area contributed by atoms with Gasteiger partial charge >= 0.3 is 0 Å². The molecule has 0 aliphatic carbocycles.